The number of ether oxygens (including phenoxy) is 1. The number of hydrogen-bond acceptors (Lipinski definition) is 5. The van der Waals surface area contributed by atoms with Crippen LogP contribution in [0.25, 0.3) is 5.57 Å². The fourth-order valence-corrected chi connectivity index (χ4v) is 6.01. The lowest BCUT2D eigenvalue weighted by atomic mass is 9.85. The van der Waals surface area contributed by atoms with Gasteiger partial charge in [-0.25, -0.2) is 4.90 Å². The number of anilines is 1. The Bertz CT molecular complexity index is 1390. The molecule has 0 spiro atoms. The van der Waals surface area contributed by atoms with Crippen molar-refractivity contribution in [3.8, 4) is 5.75 Å². The molecule has 178 valence electrons. The number of non-ortho nitro benzene ring substituents is 1. The molecule has 7 heteroatoms. The maximum Gasteiger partial charge on any atom is 0.271 e. The fourth-order valence-electron chi connectivity index (χ4n) is 6.01. The molecule has 0 unspecified atom stereocenters. The van der Waals surface area contributed by atoms with Crippen molar-refractivity contribution in [2.24, 2.45) is 23.7 Å². The van der Waals surface area contributed by atoms with Gasteiger partial charge in [0, 0.05) is 24.0 Å². The molecule has 7 nitrogen and oxygen atoms in total. The first-order valence-electron chi connectivity index (χ1n) is 11.7. The van der Waals surface area contributed by atoms with E-state index in [1.807, 2.05) is 72.8 Å². The Morgan fingerprint density at radius 2 is 1.36 bits per heavy atom. The Morgan fingerprint density at radius 3 is 1.83 bits per heavy atom. The van der Waals surface area contributed by atoms with Gasteiger partial charge in [-0.05, 0) is 28.3 Å². The van der Waals surface area contributed by atoms with E-state index in [-0.39, 0.29) is 40.8 Å². The third kappa shape index (κ3) is 3.12. The Balaban J connectivity index is 1.48. The van der Waals surface area contributed by atoms with Crippen LogP contribution in [0.2, 0.25) is 0 Å². The van der Waals surface area contributed by atoms with Crippen LogP contribution in [-0.2, 0) is 9.59 Å². The number of methoxy groups -OCH3 is 1. The highest BCUT2D eigenvalue weighted by molar-refractivity contribution is 6.24. The van der Waals surface area contributed by atoms with E-state index in [0.717, 1.165) is 27.2 Å². The molecule has 3 aromatic carbocycles. The summed E-state index contributed by atoms with van der Waals surface area (Å²) in [6, 6.07) is 24.0. The second-order valence-corrected chi connectivity index (χ2v) is 9.18. The van der Waals surface area contributed by atoms with Gasteiger partial charge in [-0.2, -0.15) is 0 Å². The predicted molar refractivity (Wildman–Crippen MR) is 134 cm³/mol. The molecule has 36 heavy (non-hydrogen) atoms. The normalized spacial score (nSPS) is 23.8. The van der Waals surface area contributed by atoms with E-state index >= 15 is 0 Å². The van der Waals surface area contributed by atoms with E-state index in [0.29, 0.717) is 0 Å². The summed E-state index contributed by atoms with van der Waals surface area (Å²) in [7, 11) is 1.41. The SMILES string of the molecule is COc1ccc([N+](=O)[O-])cc1N1C(=O)[C@@H]2[C@@H](C1=O)[C@H]1C=C[C@H]2C1=C(c1ccccc1)c1ccccc1. The lowest BCUT2D eigenvalue weighted by Crippen LogP contribution is -2.33. The quantitative estimate of drug-likeness (QED) is 0.222. The topological polar surface area (TPSA) is 89.8 Å². The maximum absolute atomic E-state index is 13.8. The van der Waals surface area contributed by atoms with Crippen LogP contribution in [0, 0.1) is 33.8 Å². The Kier molecular flexibility index (Phi) is 5.07. The zero-order valence-electron chi connectivity index (χ0n) is 19.4. The number of imide groups is 1. The molecule has 1 saturated carbocycles. The number of carbonyl (C=O) groups excluding carboxylic acids is 2. The van der Waals surface area contributed by atoms with Crippen molar-refractivity contribution in [3.63, 3.8) is 0 Å². The first-order valence-corrected chi connectivity index (χ1v) is 11.7. The highest BCUT2D eigenvalue weighted by atomic mass is 16.6. The number of allylic oxidation sites excluding steroid dienone is 3. The van der Waals surface area contributed by atoms with Crippen LogP contribution in [0.1, 0.15) is 11.1 Å². The molecule has 2 fully saturated rings. The fraction of sp³-hybridized carbons (Fsp3) is 0.172. The monoisotopic (exact) mass is 478 g/mol. The van der Waals surface area contributed by atoms with Crippen LogP contribution < -0.4 is 9.64 Å². The number of nitro benzene ring substituents is 1. The molecule has 0 radical (unpaired) electrons. The van der Waals surface area contributed by atoms with Crippen molar-refractivity contribution < 1.29 is 19.2 Å². The average molecular weight is 479 g/mol. The molecule has 4 atom stereocenters. The van der Waals surface area contributed by atoms with Gasteiger partial charge in [-0.1, -0.05) is 72.8 Å². The zero-order valence-corrected chi connectivity index (χ0v) is 19.4. The summed E-state index contributed by atoms with van der Waals surface area (Å²) in [6.07, 6.45) is 4.07. The Morgan fingerprint density at radius 1 is 0.833 bits per heavy atom. The molecule has 0 aromatic heterocycles. The van der Waals surface area contributed by atoms with E-state index in [9.17, 15) is 19.7 Å². The predicted octanol–water partition coefficient (Wildman–Crippen LogP) is 5.03. The number of benzene rings is 3. The van der Waals surface area contributed by atoms with Crippen LogP contribution >= 0.6 is 0 Å². The van der Waals surface area contributed by atoms with Gasteiger partial charge in [0.2, 0.25) is 11.8 Å². The van der Waals surface area contributed by atoms with Gasteiger partial charge in [0.25, 0.3) is 5.69 Å². The molecule has 1 aliphatic heterocycles. The molecule has 3 aliphatic rings. The van der Waals surface area contributed by atoms with Crippen LogP contribution in [0.3, 0.4) is 0 Å². The molecule has 2 amide bonds. The second-order valence-electron chi connectivity index (χ2n) is 9.18. The van der Waals surface area contributed by atoms with Crippen LogP contribution in [0.4, 0.5) is 11.4 Å². The van der Waals surface area contributed by atoms with Gasteiger partial charge in [-0.15, -0.1) is 0 Å². The summed E-state index contributed by atoms with van der Waals surface area (Å²) in [5.74, 6) is -2.05. The summed E-state index contributed by atoms with van der Waals surface area (Å²) in [4.78, 5) is 39.5. The number of rotatable bonds is 5. The van der Waals surface area contributed by atoms with Crippen LogP contribution in [-0.4, -0.2) is 23.8 Å². The van der Waals surface area contributed by atoms with E-state index < -0.39 is 16.8 Å². The number of carbonyl (C=O) groups is 2. The number of nitrogens with zero attached hydrogens (tertiary/aromatic N) is 2. The van der Waals surface area contributed by atoms with Crippen LogP contribution in [0.5, 0.6) is 5.75 Å². The minimum atomic E-state index is -0.561. The summed E-state index contributed by atoms with van der Waals surface area (Å²) >= 11 is 0. The van der Waals surface area contributed by atoms with E-state index in [2.05, 4.69) is 0 Å². The first-order chi connectivity index (χ1) is 17.5. The minimum absolute atomic E-state index is 0.118. The summed E-state index contributed by atoms with van der Waals surface area (Å²) in [5, 5.41) is 11.4. The van der Waals surface area contributed by atoms with E-state index in [4.69, 9.17) is 4.74 Å². The zero-order chi connectivity index (χ0) is 25.0. The van der Waals surface area contributed by atoms with Crippen molar-refractivity contribution >= 4 is 28.8 Å². The minimum Gasteiger partial charge on any atom is -0.495 e. The Hall–Kier alpha value is -4.52. The average Bonchev–Trinajstić information content (AvgIpc) is 3.54. The second kappa shape index (κ2) is 8.30. The van der Waals surface area contributed by atoms with Gasteiger partial charge < -0.3 is 4.74 Å². The molecular formula is C29H22N2O5. The standard InChI is InChI=1S/C29H22N2O5/c1-36-23-15-12-19(31(34)35)16-22(23)30-28(32)26-20-13-14-21(27(26)29(30)33)25(20)24(17-8-4-2-5-9-17)18-10-6-3-7-11-18/h2-16,20-21,26-27H,1H3/t20-,21-,26-,27-/m0/s1. The van der Waals surface area contributed by atoms with Gasteiger partial charge in [-0.3, -0.25) is 19.7 Å². The molecule has 1 saturated heterocycles. The number of hydrogen-bond donors (Lipinski definition) is 0. The number of fused-ring (bicyclic) bond motifs is 5. The molecule has 1 heterocycles. The third-order valence-electron chi connectivity index (χ3n) is 7.44. The van der Waals surface area contributed by atoms with Crippen molar-refractivity contribution in [1.82, 2.24) is 0 Å². The van der Waals surface area contributed by atoms with Gasteiger partial charge >= 0.3 is 0 Å². The van der Waals surface area contributed by atoms with E-state index in [1.165, 1.54) is 25.3 Å². The molecule has 2 bridgehead atoms. The van der Waals surface area contributed by atoms with Crippen molar-refractivity contribution in [2.45, 2.75) is 0 Å². The largest absolute Gasteiger partial charge is 0.495 e. The lowest BCUT2D eigenvalue weighted by Gasteiger charge is -2.22. The highest BCUT2D eigenvalue weighted by Crippen LogP contribution is 2.59. The van der Waals surface area contributed by atoms with Crippen molar-refractivity contribution in [3.05, 3.63) is 118 Å². The molecular weight excluding hydrogens is 456 g/mol. The molecule has 3 aromatic rings. The van der Waals surface area contributed by atoms with Crippen molar-refractivity contribution in [2.75, 3.05) is 12.0 Å². The molecule has 2 aliphatic carbocycles. The summed E-state index contributed by atoms with van der Waals surface area (Å²) < 4.78 is 5.36. The lowest BCUT2D eigenvalue weighted by molar-refractivity contribution is -0.384. The number of nitro groups is 1. The Labute approximate surface area is 207 Å². The van der Waals surface area contributed by atoms with Crippen molar-refractivity contribution in [1.29, 1.82) is 0 Å². The summed E-state index contributed by atoms with van der Waals surface area (Å²) in [5.41, 5.74) is 4.11. The van der Waals surface area contributed by atoms with Crippen LogP contribution in [0.15, 0.2) is 96.6 Å². The maximum atomic E-state index is 13.8. The molecule has 6 rings (SSSR count). The van der Waals surface area contributed by atoms with Gasteiger partial charge in [0.1, 0.15) is 11.4 Å². The van der Waals surface area contributed by atoms with Gasteiger partial charge in [0.15, 0.2) is 0 Å². The van der Waals surface area contributed by atoms with E-state index in [1.54, 1.807) is 0 Å². The first kappa shape index (κ1) is 22.0. The summed E-state index contributed by atoms with van der Waals surface area (Å²) in [6.45, 7) is 0. The number of amides is 2. The third-order valence-corrected chi connectivity index (χ3v) is 7.44. The van der Waals surface area contributed by atoms with Gasteiger partial charge in [0.05, 0.1) is 23.9 Å². The highest BCUT2D eigenvalue weighted by Gasteiger charge is 2.62. The molecule has 0 N–H and O–H groups in total. The smallest absolute Gasteiger partial charge is 0.271 e.